The van der Waals surface area contributed by atoms with Gasteiger partial charge in [0.2, 0.25) is 0 Å². The van der Waals surface area contributed by atoms with Crippen molar-refractivity contribution in [3.05, 3.63) is 26.1 Å². The van der Waals surface area contributed by atoms with Crippen LogP contribution in [0.5, 0.6) is 0 Å². The zero-order valence-corrected chi connectivity index (χ0v) is 11.4. The molecule has 5 heteroatoms. The molecule has 0 bridgehead atoms. The number of halogens is 3. The predicted octanol–water partition coefficient (Wildman–Crippen LogP) is 2.91. The van der Waals surface area contributed by atoms with E-state index >= 15 is 0 Å². The first-order valence-corrected chi connectivity index (χ1v) is 5.84. The fourth-order valence-electron chi connectivity index (χ4n) is 1.54. The molecule has 2 heterocycles. The van der Waals surface area contributed by atoms with Crippen molar-refractivity contribution in [3.63, 3.8) is 0 Å². The van der Waals surface area contributed by atoms with E-state index in [1.165, 1.54) is 0 Å². The monoisotopic (exact) mass is 341 g/mol. The summed E-state index contributed by atoms with van der Waals surface area (Å²) in [6.45, 7) is 0. The zero-order valence-electron chi connectivity index (χ0n) is 7.68. The predicted molar refractivity (Wildman–Crippen MR) is 66.8 cm³/mol. The summed E-state index contributed by atoms with van der Waals surface area (Å²) in [5.41, 5.74) is 0.985. The summed E-state index contributed by atoms with van der Waals surface area (Å²) >= 11 is 14.6. The highest BCUT2D eigenvalue weighted by molar-refractivity contribution is 14.1. The molecule has 0 saturated heterocycles. The van der Waals surface area contributed by atoms with Crippen molar-refractivity contribution < 1.29 is 4.57 Å². The van der Waals surface area contributed by atoms with E-state index in [1.807, 2.05) is 35.6 Å². The maximum absolute atomic E-state index is 6.20. The molecule has 2 nitrogen and oxygen atoms in total. The molecule has 0 atom stereocenters. The summed E-state index contributed by atoms with van der Waals surface area (Å²) in [6, 6.07) is 0. The molecule has 0 unspecified atom stereocenters. The Balaban J connectivity index is 3.05. The minimum Gasteiger partial charge on any atom is -0.348 e. The van der Waals surface area contributed by atoms with Gasteiger partial charge in [0.05, 0.1) is 10.9 Å². The van der Waals surface area contributed by atoms with Crippen molar-refractivity contribution in [3.8, 4) is 0 Å². The Labute approximate surface area is 106 Å². The molecule has 0 spiro atoms. The largest absolute Gasteiger partial charge is 0.348 e. The number of hydrogen-bond acceptors (Lipinski definition) is 0. The lowest BCUT2D eigenvalue weighted by Crippen LogP contribution is -2.29. The summed E-state index contributed by atoms with van der Waals surface area (Å²) in [5, 5.41) is 2.46. The molecule has 0 aliphatic rings. The smallest absolute Gasteiger partial charge is 0.285 e. The van der Waals surface area contributed by atoms with E-state index in [-0.39, 0.29) is 0 Å². The first-order valence-electron chi connectivity index (χ1n) is 4.00. The van der Waals surface area contributed by atoms with E-state index in [9.17, 15) is 0 Å². The van der Waals surface area contributed by atoms with Gasteiger partial charge in [-0.15, -0.1) is 0 Å². The van der Waals surface area contributed by atoms with Gasteiger partial charge in [0.15, 0.2) is 6.20 Å². The SMILES string of the molecule is Cn1cc(I)c2c(Cl)[n+](C)cc(Cl)c21. The maximum Gasteiger partial charge on any atom is 0.285 e. The number of aromatic nitrogens is 2. The standard InChI is InChI=1S/C9H8Cl2IN2/c1-13-4-6(12)7-8(13)5(10)3-14(2)9(7)11/h3-4H,1-2H3/q+1. The van der Waals surface area contributed by atoms with Crippen LogP contribution in [0, 0.1) is 3.57 Å². The molecule has 2 aromatic heterocycles. The fourth-order valence-corrected chi connectivity index (χ4v) is 3.24. The second-order valence-corrected chi connectivity index (χ2v) is 5.12. The van der Waals surface area contributed by atoms with E-state index in [0.717, 1.165) is 24.6 Å². The first kappa shape index (κ1) is 10.5. The number of nitrogens with zero attached hydrogens (tertiary/aromatic N) is 2. The molecule has 74 valence electrons. The van der Waals surface area contributed by atoms with Crippen molar-refractivity contribution in [2.75, 3.05) is 0 Å². The van der Waals surface area contributed by atoms with Gasteiger partial charge in [-0.3, -0.25) is 0 Å². The average molecular weight is 342 g/mol. The molecule has 0 fully saturated rings. The van der Waals surface area contributed by atoms with Gasteiger partial charge >= 0.3 is 0 Å². The summed E-state index contributed by atoms with van der Waals surface area (Å²) in [7, 11) is 3.85. The number of pyridine rings is 1. The van der Waals surface area contributed by atoms with Gasteiger partial charge in [0.25, 0.3) is 5.15 Å². The Hall–Kier alpha value is -0.000000000000000111. The lowest BCUT2D eigenvalue weighted by Gasteiger charge is -1.99. The Morgan fingerprint density at radius 3 is 2.71 bits per heavy atom. The van der Waals surface area contributed by atoms with Crippen LogP contribution in [0.3, 0.4) is 0 Å². The van der Waals surface area contributed by atoms with E-state index in [1.54, 1.807) is 0 Å². The molecule has 14 heavy (non-hydrogen) atoms. The van der Waals surface area contributed by atoms with Gasteiger partial charge in [-0.1, -0.05) is 11.6 Å². The fraction of sp³-hybridized carbons (Fsp3) is 0.222. The lowest BCUT2D eigenvalue weighted by molar-refractivity contribution is -0.667. The molecule has 0 saturated carbocycles. The molecule has 0 aliphatic carbocycles. The summed E-state index contributed by atoms with van der Waals surface area (Å²) in [6.07, 6.45) is 3.84. The molecule has 0 aromatic carbocycles. The van der Waals surface area contributed by atoms with Gasteiger partial charge in [0.1, 0.15) is 12.1 Å². The van der Waals surface area contributed by atoms with E-state index in [2.05, 4.69) is 22.6 Å². The highest BCUT2D eigenvalue weighted by atomic mass is 127. The third-order valence-corrected chi connectivity index (χ3v) is 3.73. The van der Waals surface area contributed by atoms with Crippen LogP contribution in [-0.4, -0.2) is 4.57 Å². The Morgan fingerprint density at radius 1 is 1.43 bits per heavy atom. The average Bonchev–Trinajstić information content (AvgIpc) is 2.38. The van der Waals surface area contributed by atoms with Gasteiger partial charge in [-0.25, -0.2) is 0 Å². The van der Waals surface area contributed by atoms with Gasteiger partial charge in [0, 0.05) is 16.8 Å². The van der Waals surface area contributed by atoms with Crippen LogP contribution in [0.4, 0.5) is 0 Å². The van der Waals surface area contributed by atoms with Crippen molar-refractivity contribution in [2.45, 2.75) is 0 Å². The highest BCUT2D eigenvalue weighted by Gasteiger charge is 2.19. The molecular formula is C9H8Cl2IN2+. The Morgan fingerprint density at radius 2 is 2.07 bits per heavy atom. The van der Waals surface area contributed by atoms with Crippen molar-refractivity contribution in [1.82, 2.24) is 4.57 Å². The minimum absolute atomic E-state index is 0.717. The summed E-state index contributed by atoms with van der Waals surface area (Å²) in [5.74, 6) is 0. The van der Waals surface area contributed by atoms with Crippen molar-refractivity contribution >= 4 is 56.7 Å². The Kier molecular flexibility index (Phi) is 2.66. The third-order valence-electron chi connectivity index (χ3n) is 2.18. The van der Waals surface area contributed by atoms with E-state index < -0.39 is 0 Å². The number of rotatable bonds is 0. The molecule has 0 aliphatic heterocycles. The first-order chi connectivity index (χ1) is 6.52. The summed E-state index contributed by atoms with van der Waals surface area (Å²) in [4.78, 5) is 0. The second kappa shape index (κ2) is 3.54. The second-order valence-electron chi connectivity index (χ2n) is 3.19. The zero-order chi connectivity index (χ0) is 10.5. The van der Waals surface area contributed by atoms with Crippen LogP contribution >= 0.6 is 45.8 Å². The van der Waals surface area contributed by atoms with Gasteiger partial charge in [-0.2, -0.15) is 4.57 Å². The van der Waals surface area contributed by atoms with Gasteiger partial charge < -0.3 is 4.57 Å². The highest BCUT2D eigenvalue weighted by Crippen LogP contribution is 2.31. The normalized spacial score (nSPS) is 11.2. The van der Waals surface area contributed by atoms with Crippen molar-refractivity contribution in [1.29, 1.82) is 0 Å². The lowest BCUT2D eigenvalue weighted by atomic mass is 10.3. The molecule has 0 radical (unpaired) electrons. The molecule has 0 N–H and O–H groups in total. The van der Waals surface area contributed by atoms with E-state index in [4.69, 9.17) is 23.2 Å². The third kappa shape index (κ3) is 1.42. The van der Waals surface area contributed by atoms with Crippen LogP contribution in [0.2, 0.25) is 10.2 Å². The van der Waals surface area contributed by atoms with Crippen LogP contribution in [0.1, 0.15) is 0 Å². The van der Waals surface area contributed by atoms with Gasteiger partial charge in [-0.05, 0) is 34.2 Å². The van der Waals surface area contributed by atoms with Crippen LogP contribution in [0.25, 0.3) is 10.9 Å². The molecule has 2 aromatic rings. The quantitative estimate of drug-likeness (QED) is 0.396. The van der Waals surface area contributed by atoms with Crippen LogP contribution in [0.15, 0.2) is 12.4 Å². The summed E-state index contributed by atoms with van der Waals surface area (Å²) < 4.78 is 4.93. The maximum atomic E-state index is 6.20. The minimum atomic E-state index is 0.717. The number of fused-ring (bicyclic) bond motifs is 1. The molecule has 0 amide bonds. The van der Waals surface area contributed by atoms with E-state index in [0.29, 0.717) is 0 Å². The Bertz CT molecular complexity index is 519. The number of aryl methyl sites for hydroxylation is 2. The van der Waals surface area contributed by atoms with Crippen LogP contribution < -0.4 is 4.57 Å². The number of hydrogen-bond donors (Lipinski definition) is 0. The molecule has 2 rings (SSSR count). The topological polar surface area (TPSA) is 8.81 Å². The van der Waals surface area contributed by atoms with Crippen LogP contribution in [-0.2, 0) is 14.1 Å². The molecular weight excluding hydrogens is 334 g/mol. The van der Waals surface area contributed by atoms with Crippen molar-refractivity contribution in [2.24, 2.45) is 14.1 Å².